The first-order valence-electron chi connectivity index (χ1n) is 9.33. The zero-order valence-corrected chi connectivity index (χ0v) is 18.0. The number of carbonyl (C=O) groups is 1. The van der Waals surface area contributed by atoms with E-state index in [2.05, 4.69) is 54.3 Å². The largest absolute Gasteiger partial charge is 0.382 e. The van der Waals surface area contributed by atoms with Crippen LogP contribution in [0.4, 0.5) is 5.69 Å². The molecule has 0 spiro atoms. The minimum atomic E-state index is -0.0253. The molecule has 28 heavy (non-hydrogen) atoms. The molecule has 0 saturated heterocycles. The van der Waals surface area contributed by atoms with Gasteiger partial charge in [0, 0.05) is 17.5 Å². The second-order valence-electron chi connectivity index (χ2n) is 6.01. The summed E-state index contributed by atoms with van der Waals surface area (Å²) in [6.45, 7) is 9.28. The van der Waals surface area contributed by atoms with Gasteiger partial charge in [-0.2, -0.15) is 17.7 Å². The molecule has 0 radical (unpaired) electrons. The van der Waals surface area contributed by atoms with Crippen molar-refractivity contribution in [3.05, 3.63) is 64.7 Å². The highest BCUT2D eigenvalue weighted by Gasteiger charge is 2.13. The maximum Gasteiger partial charge on any atom is 0.178 e. The third-order valence-electron chi connectivity index (χ3n) is 3.87. The highest BCUT2D eigenvalue weighted by molar-refractivity contribution is 7.83. The summed E-state index contributed by atoms with van der Waals surface area (Å²) in [5.74, 6) is 0.297. The Balaban J connectivity index is 0.00000190. The number of hydrogen-bond donors (Lipinski definition) is 4. The fourth-order valence-corrected chi connectivity index (χ4v) is 2.45. The van der Waals surface area contributed by atoms with Crippen LogP contribution < -0.4 is 16.4 Å². The summed E-state index contributed by atoms with van der Waals surface area (Å²) in [6, 6.07) is 6.20. The number of carbonyl (C=O) groups excluding carboxylic acids is 1. The van der Waals surface area contributed by atoms with Crippen molar-refractivity contribution in [2.45, 2.75) is 27.7 Å². The topological polar surface area (TPSA) is 82.8 Å². The van der Waals surface area contributed by atoms with Crippen molar-refractivity contribution >= 4 is 29.9 Å². The van der Waals surface area contributed by atoms with Crippen LogP contribution in [0.25, 0.3) is 0 Å². The molecule has 0 unspecified atom stereocenters. The molecule has 1 aliphatic rings. The number of hydrogen-bond acceptors (Lipinski definition) is 6. The van der Waals surface area contributed by atoms with Gasteiger partial charge in [-0.3, -0.25) is 9.80 Å². The van der Waals surface area contributed by atoms with Crippen LogP contribution in [-0.4, -0.2) is 36.4 Å². The van der Waals surface area contributed by atoms with Gasteiger partial charge in [-0.1, -0.05) is 32.1 Å². The molecule has 152 valence electrons. The summed E-state index contributed by atoms with van der Waals surface area (Å²) in [4.78, 5) is 12.1. The molecule has 0 fully saturated rings. The van der Waals surface area contributed by atoms with Crippen LogP contribution in [-0.2, 0) is 4.79 Å². The molecular formula is C21H31N5OS. The lowest BCUT2D eigenvalue weighted by molar-refractivity contribution is -0.115. The zero-order chi connectivity index (χ0) is 20.9. The Morgan fingerprint density at radius 1 is 1.32 bits per heavy atom. The number of hydrazone groups is 1. The quantitative estimate of drug-likeness (QED) is 0.254. The molecule has 7 heteroatoms. The zero-order valence-electron chi connectivity index (χ0n) is 17.1. The van der Waals surface area contributed by atoms with Gasteiger partial charge in [0.25, 0.3) is 0 Å². The van der Waals surface area contributed by atoms with Crippen molar-refractivity contribution in [3.63, 3.8) is 0 Å². The van der Waals surface area contributed by atoms with Crippen molar-refractivity contribution in [1.29, 1.82) is 0 Å². The van der Waals surface area contributed by atoms with Crippen LogP contribution in [0.5, 0.6) is 0 Å². The van der Waals surface area contributed by atoms with Gasteiger partial charge in [0.15, 0.2) is 5.78 Å². The normalized spacial score (nSPS) is 15.0. The minimum absolute atomic E-state index is 0.0253. The summed E-state index contributed by atoms with van der Waals surface area (Å²) in [6.07, 6.45) is 6.72. The number of amidine groups is 1. The van der Waals surface area contributed by atoms with Gasteiger partial charge >= 0.3 is 0 Å². The summed E-state index contributed by atoms with van der Waals surface area (Å²) in [5.41, 5.74) is 10.2. The lowest BCUT2D eigenvalue weighted by atomic mass is 10.1. The third kappa shape index (κ3) is 8.35. The van der Waals surface area contributed by atoms with E-state index in [1.165, 1.54) is 11.1 Å². The van der Waals surface area contributed by atoms with E-state index in [1.54, 1.807) is 34.7 Å². The van der Waals surface area contributed by atoms with E-state index in [4.69, 9.17) is 5.73 Å². The highest BCUT2D eigenvalue weighted by Crippen LogP contribution is 2.14. The van der Waals surface area contributed by atoms with Crippen LogP contribution >= 0.6 is 12.6 Å². The average molecular weight is 402 g/mol. The standard InChI is InChI=1S/C19H25N5OS.C2H6/c1-14-6-7-16(9-15(14)2)21-11-17-10-18(25)12-24(13-22-17)23-19(20)5-3-4-8-26;1-2/h3-10,21-22,26H,11-13H2,1-2H3,(H2,20,23);1-2H3/b5-3+,8-4-;. The van der Waals surface area contributed by atoms with Crippen molar-refractivity contribution in [2.24, 2.45) is 10.8 Å². The molecule has 6 nitrogen and oxygen atoms in total. The number of aryl methyl sites for hydroxylation is 2. The molecule has 1 aliphatic heterocycles. The number of allylic oxidation sites excluding steroid dienone is 2. The van der Waals surface area contributed by atoms with Gasteiger partial charge in [0.05, 0.1) is 6.54 Å². The molecule has 0 atom stereocenters. The van der Waals surface area contributed by atoms with E-state index >= 15 is 0 Å². The fraction of sp³-hybridized carbons (Fsp3) is 0.333. The number of nitrogens with zero attached hydrogens (tertiary/aromatic N) is 2. The Kier molecular flexibility index (Phi) is 10.6. The Bertz CT molecular complexity index is 768. The number of benzene rings is 1. The second-order valence-corrected chi connectivity index (χ2v) is 6.31. The van der Waals surface area contributed by atoms with Crippen LogP contribution in [0.2, 0.25) is 0 Å². The van der Waals surface area contributed by atoms with Gasteiger partial charge < -0.3 is 16.4 Å². The number of anilines is 1. The van der Waals surface area contributed by atoms with Crippen molar-refractivity contribution < 1.29 is 4.79 Å². The molecule has 1 aromatic rings. The summed E-state index contributed by atoms with van der Waals surface area (Å²) < 4.78 is 0. The second kappa shape index (κ2) is 12.7. The lowest BCUT2D eigenvalue weighted by Gasteiger charge is -2.18. The molecule has 4 N–H and O–H groups in total. The maximum atomic E-state index is 12.1. The number of ketones is 1. The molecule has 0 amide bonds. The van der Waals surface area contributed by atoms with Gasteiger partial charge in [0.1, 0.15) is 19.0 Å². The third-order valence-corrected chi connectivity index (χ3v) is 4.05. The first-order chi connectivity index (χ1) is 13.5. The Morgan fingerprint density at radius 3 is 2.75 bits per heavy atom. The monoisotopic (exact) mass is 401 g/mol. The Hall–Kier alpha value is -2.67. The minimum Gasteiger partial charge on any atom is -0.382 e. The summed E-state index contributed by atoms with van der Waals surface area (Å²) in [7, 11) is 0. The molecule has 0 saturated carbocycles. The van der Waals surface area contributed by atoms with E-state index < -0.39 is 0 Å². The SMILES string of the molecule is CC.Cc1ccc(NCC2=CC(=O)CN(/N=C(N)/C=C/C=C\S)CN2)cc1C. The van der Waals surface area contributed by atoms with E-state index in [-0.39, 0.29) is 12.3 Å². The van der Waals surface area contributed by atoms with E-state index in [9.17, 15) is 4.79 Å². The fourth-order valence-electron chi connectivity index (χ4n) is 2.35. The first kappa shape index (κ1) is 23.4. The smallest absolute Gasteiger partial charge is 0.178 e. The number of nitrogens with one attached hydrogen (secondary N) is 2. The van der Waals surface area contributed by atoms with Gasteiger partial charge in [-0.25, -0.2) is 0 Å². The van der Waals surface area contributed by atoms with E-state index in [0.29, 0.717) is 19.0 Å². The van der Waals surface area contributed by atoms with Crippen molar-refractivity contribution in [3.8, 4) is 0 Å². The van der Waals surface area contributed by atoms with Crippen LogP contribution in [0, 0.1) is 13.8 Å². The first-order valence-corrected chi connectivity index (χ1v) is 9.84. The van der Waals surface area contributed by atoms with E-state index in [1.807, 2.05) is 19.9 Å². The Labute approximate surface area is 173 Å². The molecule has 0 bridgehead atoms. The van der Waals surface area contributed by atoms with Crippen LogP contribution in [0.1, 0.15) is 25.0 Å². The molecular weight excluding hydrogens is 370 g/mol. The average Bonchev–Trinajstić information content (AvgIpc) is 2.85. The summed E-state index contributed by atoms with van der Waals surface area (Å²) in [5, 5.41) is 14.0. The number of nitrogens with two attached hydrogens (primary N) is 1. The van der Waals surface area contributed by atoms with E-state index in [0.717, 1.165) is 11.4 Å². The molecule has 0 aromatic heterocycles. The lowest BCUT2D eigenvalue weighted by Crippen LogP contribution is -2.33. The van der Waals surface area contributed by atoms with Crippen LogP contribution in [0.15, 0.2) is 58.7 Å². The molecule has 1 aromatic carbocycles. The van der Waals surface area contributed by atoms with Gasteiger partial charge in [-0.15, -0.1) is 0 Å². The van der Waals surface area contributed by atoms with Crippen molar-refractivity contribution in [1.82, 2.24) is 10.3 Å². The molecule has 2 rings (SSSR count). The van der Waals surface area contributed by atoms with Gasteiger partial charge in [-0.05, 0) is 48.6 Å². The maximum absolute atomic E-state index is 12.1. The molecule has 0 aliphatic carbocycles. The number of thiol groups is 1. The van der Waals surface area contributed by atoms with Crippen LogP contribution in [0.3, 0.4) is 0 Å². The summed E-state index contributed by atoms with van der Waals surface area (Å²) >= 11 is 3.96. The Morgan fingerprint density at radius 2 is 2.07 bits per heavy atom. The predicted octanol–water partition coefficient (Wildman–Crippen LogP) is 3.33. The van der Waals surface area contributed by atoms with Gasteiger partial charge in [0.2, 0.25) is 0 Å². The molecule has 1 heterocycles. The van der Waals surface area contributed by atoms with Crippen molar-refractivity contribution in [2.75, 3.05) is 25.1 Å². The predicted molar refractivity (Wildman–Crippen MR) is 122 cm³/mol. The highest BCUT2D eigenvalue weighted by atomic mass is 32.1. The number of rotatable bonds is 6.